The molecule has 2 saturated carbocycles. The molecule has 2 aliphatic rings. The standard InChI is InChI=1S/C20H33N3O2S/c1-2-16(18(24)21-14-10-8-5-9-11-14)17-19(25)23-20(26-17)22-15-12-6-3-4-7-13-15/h14-16,25H,2-13H2,1H3,(H,21,24)(H,22,23). The minimum absolute atomic E-state index is 0.0248. The van der Waals surface area contributed by atoms with Crippen molar-refractivity contribution in [3.8, 4) is 5.88 Å². The number of rotatable bonds is 6. The normalized spacial score (nSPS) is 21.1. The molecule has 0 bridgehead atoms. The monoisotopic (exact) mass is 379 g/mol. The summed E-state index contributed by atoms with van der Waals surface area (Å²) >= 11 is 1.45. The summed E-state index contributed by atoms with van der Waals surface area (Å²) in [7, 11) is 0. The molecule has 1 heterocycles. The van der Waals surface area contributed by atoms with E-state index in [1.807, 2.05) is 6.92 Å². The molecule has 1 aromatic rings. The molecule has 2 fully saturated rings. The predicted octanol–water partition coefficient (Wildman–Crippen LogP) is 4.93. The molecule has 0 radical (unpaired) electrons. The van der Waals surface area contributed by atoms with Gasteiger partial charge in [-0.2, -0.15) is 4.98 Å². The zero-order valence-electron chi connectivity index (χ0n) is 15.9. The molecule has 1 aromatic heterocycles. The quantitative estimate of drug-likeness (QED) is 0.613. The molecule has 3 rings (SSSR count). The van der Waals surface area contributed by atoms with E-state index in [0.29, 0.717) is 23.4 Å². The van der Waals surface area contributed by atoms with Crippen molar-refractivity contribution in [2.75, 3.05) is 5.32 Å². The largest absolute Gasteiger partial charge is 0.492 e. The minimum Gasteiger partial charge on any atom is -0.492 e. The first-order valence-electron chi connectivity index (χ1n) is 10.4. The van der Waals surface area contributed by atoms with E-state index in [-0.39, 0.29) is 17.7 Å². The number of aromatic hydroxyl groups is 1. The molecule has 0 aromatic carbocycles. The number of nitrogens with zero attached hydrogens (tertiary/aromatic N) is 1. The van der Waals surface area contributed by atoms with Crippen molar-refractivity contribution in [2.45, 2.75) is 102 Å². The first-order valence-corrected chi connectivity index (χ1v) is 11.3. The Morgan fingerprint density at radius 1 is 1.08 bits per heavy atom. The minimum atomic E-state index is -0.306. The maximum absolute atomic E-state index is 12.8. The van der Waals surface area contributed by atoms with E-state index in [1.165, 1.54) is 56.3 Å². The van der Waals surface area contributed by atoms with Crippen LogP contribution in [0.4, 0.5) is 5.13 Å². The van der Waals surface area contributed by atoms with Gasteiger partial charge < -0.3 is 15.7 Å². The van der Waals surface area contributed by atoms with Crippen molar-refractivity contribution in [1.29, 1.82) is 0 Å². The van der Waals surface area contributed by atoms with Crippen molar-refractivity contribution >= 4 is 22.4 Å². The van der Waals surface area contributed by atoms with Gasteiger partial charge in [0.1, 0.15) is 0 Å². The number of aromatic nitrogens is 1. The van der Waals surface area contributed by atoms with Gasteiger partial charge in [-0.15, -0.1) is 0 Å². The van der Waals surface area contributed by atoms with Crippen molar-refractivity contribution in [3.63, 3.8) is 0 Å². The second kappa shape index (κ2) is 9.58. The van der Waals surface area contributed by atoms with Crippen LogP contribution in [0.15, 0.2) is 0 Å². The van der Waals surface area contributed by atoms with Crippen LogP contribution in [0, 0.1) is 0 Å². The highest BCUT2D eigenvalue weighted by atomic mass is 32.1. The zero-order chi connectivity index (χ0) is 18.4. The summed E-state index contributed by atoms with van der Waals surface area (Å²) in [5.41, 5.74) is 0. The third-order valence-electron chi connectivity index (χ3n) is 5.81. The summed E-state index contributed by atoms with van der Waals surface area (Å²) in [4.78, 5) is 17.8. The number of thiazole rings is 1. The Bertz CT molecular complexity index is 576. The lowest BCUT2D eigenvalue weighted by Crippen LogP contribution is -2.38. The Hall–Kier alpha value is -1.30. The summed E-state index contributed by atoms with van der Waals surface area (Å²) < 4.78 is 0. The average molecular weight is 380 g/mol. The van der Waals surface area contributed by atoms with Gasteiger partial charge in [0.2, 0.25) is 11.8 Å². The van der Waals surface area contributed by atoms with Crippen LogP contribution in [-0.2, 0) is 4.79 Å². The van der Waals surface area contributed by atoms with Gasteiger partial charge in [0.15, 0.2) is 5.13 Å². The third kappa shape index (κ3) is 5.12. The molecular formula is C20H33N3O2S. The fourth-order valence-electron chi connectivity index (χ4n) is 4.25. The van der Waals surface area contributed by atoms with Crippen LogP contribution in [-0.4, -0.2) is 28.1 Å². The average Bonchev–Trinajstić information content (AvgIpc) is 2.83. The Balaban J connectivity index is 1.63. The Kier molecular flexibility index (Phi) is 7.17. The number of hydrogen-bond donors (Lipinski definition) is 3. The zero-order valence-corrected chi connectivity index (χ0v) is 16.7. The lowest BCUT2D eigenvalue weighted by Gasteiger charge is -2.24. The van der Waals surface area contributed by atoms with E-state index in [4.69, 9.17) is 0 Å². The maximum atomic E-state index is 12.8. The van der Waals surface area contributed by atoms with Gasteiger partial charge in [0, 0.05) is 12.1 Å². The molecule has 0 aliphatic heterocycles. The van der Waals surface area contributed by atoms with E-state index in [2.05, 4.69) is 15.6 Å². The second-order valence-corrected chi connectivity index (χ2v) is 8.87. The van der Waals surface area contributed by atoms with Crippen LogP contribution in [0.25, 0.3) is 0 Å². The molecule has 5 nitrogen and oxygen atoms in total. The van der Waals surface area contributed by atoms with Crippen LogP contribution in [0.1, 0.15) is 94.8 Å². The van der Waals surface area contributed by atoms with Gasteiger partial charge in [-0.25, -0.2) is 0 Å². The Morgan fingerprint density at radius 2 is 1.65 bits per heavy atom. The molecule has 1 amide bonds. The highest BCUT2D eigenvalue weighted by Gasteiger charge is 2.28. The number of hydrogen-bond acceptors (Lipinski definition) is 5. The molecule has 2 aliphatic carbocycles. The molecule has 0 spiro atoms. The van der Waals surface area contributed by atoms with Crippen molar-refractivity contribution < 1.29 is 9.90 Å². The highest BCUT2D eigenvalue weighted by molar-refractivity contribution is 7.16. The van der Waals surface area contributed by atoms with E-state index >= 15 is 0 Å². The van der Waals surface area contributed by atoms with Crippen LogP contribution < -0.4 is 10.6 Å². The second-order valence-electron chi connectivity index (χ2n) is 7.84. The molecule has 3 N–H and O–H groups in total. The number of nitrogens with one attached hydrogen (secondary N) is 2. The third-order valence-corrected chi connectivity index (χ3v) is 6.90. The molecule has 26 heavy (non-hydrogen) atoms. The molecule has 0 saturated heterocycles. The van der Waals surface area contributed by atoms with Crippen LogP contribution in [0.3, 0.4) is 0 Å². The summed E-state index contributed by atoms with van der Waals surface area (Å²) in [6.45, 7) is 2.00. The topological polar surface area (TPSA) is 74.2 Å². The lowest BCUT2D eigenvalue weighted by atomic mass is 9.94. The van der Waals surface area contributed by atoms with E-state index in [1.54, 1.807) is 0 Å². The molecule has 1 atom stereocenters. The van der Waals surface area contributed by atoms with Crippen LogP contribution in [0.5, 0.6) is 5.88 Å². The number of anilines is 1. The molecule has 1 unspecified atom stereocenters. The van der Waals surface area contributed by atoms with E-state index in [0.717, 1.165) is 30.8 Å². The first-order chi connectivity index (χ1) is 12.7. The SMILES string of the molecule is CCC(C(=O)NC1CCCCC1)c1sc(NC2CCCCCC2)nc1O. The number of carbonyl (C=O) groups excluding carboxylic acids is 1. The summed E-state index contributed by atoms with van der Waals surface area (Å²) in [5, 5.41) is 17.8. The van der Waals surface area contributed by atoms with Gasteiger partial charge in [0.05, 0.1) is 10.8 Å². The van der Waals surface area contributed by atoms with E-state index < -0.39 is 0 Å². The predicted molar refractivity (Wildman–Crippen MR) is 107 cm³/mol. The highest BCUT2D eigenvalue weighted by Crippen LogP contribution is 2.37. The summed E-state index contributed by atoms with van der Waals surface area (Å²) in [6.07, 6.45) is 13.9. The van der Waals surface area contributed by atoms with Gasteiger partial charge in [0.25, 0.3) is 0 Å². The number of amides is 1. The molecule has 6 heteroatoms. The summed E-state index contributed by atoms with van der Waals surface area (Å²) in [6, 6.07) is 0.732. The fourth-order valence-corrected chi connectivity index (χ4v) is 5.37. The van der Waals surface area contributed by atoms with Crippen molar-refractivity contribution in [3.05, 3.63) is 4.88 Å². The molecule has 146 valence electrons. The smallest absolute Gasteiger partial charge is 0.228 e. The van der Waals surface area contributed by atoms with Gasteiger partial charge in [-0.05, 0) is 32.1 Å². The van der Waals surface area contributed by atoms with Crippen LogP contribution >= 0.6 is 11.3 Å². The Labute approximate surface area is 161 Å². The van der Waals surface area contributed by atoms with Gasteiger partial charge in [-0.3, -0.25) is 4.79 Å². The van der Waals surface area contributed by atoms with Gasteiger partial charge in [-0.1, -0.05) is 63.2 Å². The van der Waals surface area contributed by atoms with Crippen molar-refractivity contribution in [2.24, 2.45) is 0 Å². The fraction of sp³-hybridized carbons (Fsp3) is 0.800. The summed E-state index contributed by atoms with van der Waals surface area (Å²) in [5.74, 6) is -0.241. The van der Waals surface area contributed by atoms with E-state index in [9.17, 15) is 9.90 Å². The van der Waals surface area contributed by atoms with Gasteiger partial charge >= 0.3 is 0 Å². The number of carbonyl (C=O) groups is 1. The van der Waals surface area contributed by atoms with Crippen molar-refractivity contribution in [1.82, 2.24) is 10.3 Å². The lowest BCUT2D eigenvalue weighted by molar-refractivity contribution is -0.123. The Morgan fingerprint density at radius 3 is 2.27 bits per heavy atom. The van der Waals surface area contributed by atoms with Crippen LogP contribution in [0.2, 0.25) is 0 Å². The first kappa shape index (κ1) is 19.5. The maximum Gasteiger partial charge on any atom is 0.228 e. The molecular weight excluding hydrogens is 346 g/mol.